The second-order valence-corrected chi connectivity index (χ2v) is 6.77. The first-order valence-electron chi connectivity index (χ1n) is 6.99. The Balaban J connectivity index is 1.97. The fourth-order valence-corrected chi connectivity index (χ4v) is 3.47. The van der Waals surface area contributed by atoms with Crippen molar-refractivity contribution in [1.82, 2.24) is 14.7 Å². The number of hydrogen-bond acceptors (Lipinski definition) is 6. The summed E-state index contributed by atoms with van der Waals surface area (Å²) in [6.45, 7) is 2.78. The van der Waals surface area contributed by atoms with Gasteiger partial charge in [0.2, 0.25) is 0 Å². The predicted octanol–water partition coefficient (Wildman–Crippen LogP) is 3.48. The third kappa shape index (κ3) is 3.35. The monoisotopic (exact) mass is 329 g/mol. The Labute approximate surface area is 136 Å². The Morgan fingerprint density at radius 2 is 2.00 bits per heavy atom. The summed E-state index contributed by atoms with van der Waals surface area (Å²) in [5.41, 5.74) is 1.48. The number of benzene rings is 1. The van der Waals surface area contributed by atoms with Gasteiger partial charge in [0, 0.05) is 17.0 Å². The van der Waals surface area contributed by atoms with E-state index in [1.807, 2.05) is 36.4 Å². The van der Waals surface area contributed by atoms with Gasteiger partial charge in [0.25, 0.3) is 5.56 Å². The van der Waals surface area contributed by atoms with E-state index in [-0.39, 0.29) is 5.56 Å². The van der Waals surface area contributed by atoms with Crippen molar-refractivity contribution in [3.8, 4) is 10.7 Å². The molecule has 0 saturated heterocycles. The standard InChI is InChI=1S/C16H15N3OS2/c1-2-21-17-10-11-6-5-8-13(18-11)16-19-15(20)12-7-3-4-9-14(12)22-16/h3-9,17H,2,10H2,1H3. The minimum absolute atomic E-state index is 0.198. The highest BCUT2D eigenvalue weighted by Gasteiger charge is 2.08. The van der Waals surface area contributed by atoms with Gasteiger partial charge in [-0.2, -0.15) is 4.98 Å². The van der Waals surface area contributed by atoms with Crippen molar-refractivity contribution in [1.29, 1.82) is 0 Å². The van der Waals surface area contributed by atoms with Gasteiger partial charge in [-0.1, -0.05) is 37.1 Å². The summed E-state index contributed by atoms with van der Waals surface area (Å²) in [7, 11) is 0. The molecule has 0 amide bonds. The number of rotatable bonds is 5. The highest BCUT2D eigenvalue weighted by Crippen LogP contribution is 2.24. The number of pyridine rings is 1. The Hall–Kier alpha value is -1.76. The molecule has 0 saturated carbocycles. The van der Waals surface area contributed by atoms with Gasteiger partial charge < -0.3 is 0 Å². The largest absolute Gasteiger partial charge is 0.279 e. The van der Waals surface area contributed by atoms with Crippen LogP contribution in [0.15, 0.2) is 47.3 Å². The van der Waals surface area contributed by atoms with Crippen LogP contribution in [0.25, 0.3) is 20.8 Å². The third-order valence-electron chi connectivity index (χ3n) is 3.05. The van der Waals surface area contributed by atoms with Crippen LogP contribution in [0.5, 0.6) is 0 Å². The molecule has 6 heteroatoms. The van der Waals surface area contributed by atoms with Gasteiger partial charge in [-0.25, -0.2) is 4.98 Å². The summed E-state index contributed by atoms with van der Waals surface area (Å²) in [4.78, 5) is 20.9. The highest BCUT2D eigenvalue weighted by atomic mass is 32.2. The van der Waals surface area contributed by atoms with Crippen LogP contribution in [-0.4, -0.2) is 15.7 Å². The molecule has 0 bridgehead atoms. The van der Waals surface area contributed by atoms with Crippen LogP contribution in [0, 0.1) is 0 Å². The smallest absolute Gasteiger partial charge is 0.267 e. The SMILES string of the molecule is CCSNCc1cccc(-c2nc(=O)c3ccccc3s2)n1. The maximum atomic E-state index is 12.1. The summed E-state index contributed by atoms with van der Waals surface area (Å²) in [6.07, 6.45) is 0. The van der Waals surface area contributed by atoms with Crippen molar-refractivity contribution in [2.24, 2.45) is 0 Å². The van der Waals surface area contributed by atoms with Crippen LogP contribution < -0.4 is 10.3 Å². The lowest BCUT2D eigenvalue weighted by atomic mass is 10.3. The molecule has 1 aromatic carbocycles. The summed E-state index contributed by atoms with van der Waals surface area (Å²) in [6, 6.07) is 13.3. The van der Waals surface area contributed by atoms with Crippen molar-refractivity contribution < 1.29 is 0 Å². The first-order chi connectivity index (χ1) is 10.8. The van der Waals surface area contributed by atoms with E-state index < -0.39 is 0 Å². The molecular formula is C16H15N3OS2. The van der Waals surface area contributed by atoms with Gasteiger partial charge in [0.15, 0.2) is 0 Å². The zero-order valence-corrected chi connectivity index (χ0v) is 13.7. The van der Waals surface area contributed by atoms with Crippen LogP contribution in [0.2, 0.25) is 0 Å². The summed E-state index contributed by atoms with van der Waals surface area (Å²) in [5, 5.41) is 1.32. The number of aromatic nitrogens is 2. The number of hydrogen-bond donors (Lipinski definition) is 1. The first-order valence-corrected chi connectivity index (χ1v) is 8.79. The fraction of sp³-hybridized carbons (Fsp3) is 0.188. The Morgan fingerprint density at radius 1 is 1.14 bits per heavy atom. The van der Waals surface area contributed by atoms with E-state index in [1.165, 1.54) is 11.3 Å². The van der Waals surface area contributed by atoms with Gasteiger partial charge in [0.1, 0.15) is 5.01 Å². The van der Waals surface area contributed by atoms with Gasteiger partial charge in [-0.3, -0.25) is 9.52 Å². The molecule has 0 spiro atoms. The molecule has 3 rings (SSSR count). The van der Waals surface area contributed by atoms with Gasteiger partial charge in [-0.05, 0) is 24.3 Å². The predicted molar refractivity (Wildman–Crippen MR) is 94.1 cm³/mol. The molecule has 0 aliphatic carbocycles. The molecule has 0 fully saturated rings. The topological polar surface area (TPSA) is 54.9 Å². The van der Waals surface area contributed by atoms with Gasteiger partial charge in [-0.15, -0.1) is 11.3 Å². The first kappa shape index (κ1) is 15.1. The lowest BCUT2D eigenvalue weighted by Gasteiger charge is -2.05. The average Bonchev–Trinajstić information content (AvgIpc) is 2.55. The lowest BCUT2D eigenvalue weighted by Crippen LogP contribution is -2.08. The quantitative estimate of drug-likeness (QED) is 0.574. The molecule has 2 aromatic heterocycles. The van der Waals surface area contributed by atoms with E-state index in [9.17, 15) is 4.79 Å². The van der Waals surface area contributed by atoms with E-state index >= 15 is 0 Å². The molecular weight excluding hydrogens is 314 g/mol. The van der Waals surface area contributed by atoms with Crippen molar-refractivity contribution in [3.05, 3.63) is 58.5 Å². The van der Waals surface area contributed by atoms with Crippen molar-refractivity contribution in [3.63, 3.8) is 0 Å². The van der Waals surface area contributed by atoms with Crippen LogP contribution in [0.3, 0.4) is 0 Å². The number of nitrogens with one attached hydrogen (secondary N) is 1. The molecule has 2 heterocycles. The van der Waals surface area contributed by atoms with Gasteiger partial charge in [0.05, 0.1) is 16.8 Å². The number of nitrogens with zero attached hydrogens (tertiary/aromatic N) is 2. The Kier molecular flexibility index (Phi) is 4.82. The highest BCUT2D eigenvalue weighted by molar-refractivity contribution is 7.97. The molecule has 0 aliphatic heterocycles. The minimum Gasteiger partial charge on any atom is -0.267 e. The maximum Gasteiger partial charge on any atom is 0.279 e. The van der Waals surface area contributed by atoms with Crippen LogP contribution in [-0.2, 0) is 6.54 Å². The fourth-order valence-electron chi connectivity index (χ4n) is 2.05. The van der Waals surface area contributed by atoms with Crippen molar-refractivity contribution >= 4 is 33.4 Å². The van der Waals surface area contributed by atoms with Crippen molar-refractivity contribution in [2.45, 2.75) is 13.5 Å². The molecule has 0 unspecified atom stereocenters. The van der Waals surface area contributed by atoms with Gasteiger partial charge >= 0.3 is 0 Å². The average molecular weight is 329 g/mol. The second kappa shape index (κ2) is 7.00. The maximum absolute atomic E-state index is 12.1. The lowest BCUT2D eigenvalue weighted by molar-refractivity contribution is 0.923. The molecule has 0 aliphatic rings. The molecule has 1 N–H and O–H groups in total. The third-order valence-corrected chi connectivity index (χ3v) is 4.76. The minimum atomic E-state index is -0.198. The molecule has 0 radical (unpaired) electrons. The van der Waals surface area contributed by atoms with Crippen LogP contribution >= 0.6 is 23.3 Å². The van der Waals surface area contributed by atoms with E-state index in [4.69, 9.17) is 0 Å². The summed E-state index contributed by atoms with van der Waals surface area (Å²) >= 11 is 3.15. The van der Waals surface area contributed by atoms with E-state index in [0.717, 1.165) is 21.8 Å². The second-order valence-electron chi connectivity index (χ2n) is 4.59. The van der Waals surface area contributed by atoms with Crippen LogP contribution in [0.1, 0.15) is 12.6 Å². The van der Waals surface area contributed by atoms with E-state index in [1.54, 1.807) is 18.0 Å². The Bertz CT molecular complexity index is 848. The van der Waals surface area contributed by atoms with Crippen LogP contribution in [0.4, 0.5) is 0 Å². The normalized spacial score (nSPS) is 11.0. The Morgan fingerprint density at radius 3 is 2.86 bits per heavy atom. The zero-order chi connectivity index (χ0) is 15.4. The van der Waals surface area contributed by atoms with E-state index in [0.29, 0.717) is 16.9 Å². The molecule has 4 nitrogen and oxygen atoms in total. The molecule has 0 atom stereocenters. The summed E-state index contributed by atoms with van der Waals surface area (Å²) in [5.74, 6) is 1.01. The molecule has 3 aromatic rings. The molecule has 22 heavy (non-hydrogen) atoms. The van der Waals surface area contributed by atoms with Crippen molar-refractivity contribution in [2.75, 3.05) is 5.75 Å². The zero-order valence-electron chi connectivity index (χ0n) is 12.1. The number of fused-ring (bicyclic) bond motifs is 1. The van der Waals surface area contributed by atoms with E-state index in [2.05, 4.69) is 21.6 Å². The molecule has 112 valence electrons. The summed E-state index contributed by atoms with van der Waals surface area (Å²) < 4.78 is 4.18.